The van der Waals surface area contributed by atoms with Gasteiger partial charge in [-0.15, -0.1) is 0 Å². The van der Waals surface area contributed by atoms with Gasteiger partial charge in [0.1, 0.15) is 12.4 Å². The Morgan fingerprint density at radius 1 is 1.04 bits per heavy atom. The van der Waals surface area contributed by atoms with E-state index < -0.39 is 0 Å². The van der Waals surface area contributed by atoms with Gasteiger partial charge < -0.3 is 14.4 Å². The van der Waals surface area contributed by atoms with Gasteiger partial charge in [0.2, 0.25) is 0 Å². The standard InChI is InChI=1S/C21H22N4O2/c1-15-14-20-22-21(16-8-4-5-9-17(16)25(20)23-15)24(2)12-13-27-19-11-7-6-10-18(19)26-3/h4-11,14H,12-13H2,1-3H3. The number of methoxy groups -OCH3 is 1. The van der Waals surface area contributed by atoms with Crippen LogP contribution in [-0.2, 0) is 0 Å². The zero-order valence-corrected chi connectivity index (χ0v) is 15.7. The first kappa shape index (κ1) is 17.1. The fourth-order valence-corrected chi connectivity index (χ4v) is 3.19. The smallest absolute Gasteiger partial charge is 0.161 e. The summed E-state index contributed by atoms with van der Waals surface area (Å²) in [4.78, 5) is 6.94. The number of likely N-dealkylation sites (N-methyl/N-ethyl adjacent to an activating group) is 1. The molecule has 0 radical (unpaired) electrons. The molecule has 2 aromatic heterocycles. The molecule has 0 saturated heterocycles. The predicted octanol–water partition coefficient (Wildman–Crippen LogP) is 3.71. The fraction of sp³-hybridized carbons (Fsp3) is 0.238. The van der Waals surface area contributed by atoms with Crippen LogP contribution in [0.1, 0.15) is 5.69 Å². The lowest BCUT2D eigenvalue weighted by Gasteiger charge is -2.21. The lowest BCUT2D eigenvalue weighted by Crippen LogP contribution is -2.25. The average molecular weight is 362 g/mol. The van der Waals surface area contributed by atoms with Gasteiger partial charge in [-0.1, -0.05) is 24.3 Å². The zero-order valence-electron chi connectivity index (χ0n) is 15.7. The molecule has 0 fully saturated rings. The van der Waals surface area contributed by atoms with Crippen molar-refractivity contribution in [1.82, 2.24) is 14.6 Å². The van der Waals surface area contributed by atoms with E-state index in [1.54, 1.807) is 7.11 Å². The van der Waals surface area contributed by atoms with Gasteiger partial charge in [0, 0.05) is 18.5 Å². The van der Waals surface area contributed by atoms with Crippen molar-refractivity contribution in [3.8, 4) is 11.5 Å². The number of fused-ring (bicyclic) bond motifs is 3. The van der Waals surface area contributed by atoms with Crippen molar-refractivity contribution in [2.24, 2.45) is 0 Å². The van der Waals surface area contributed by atoms with Crippen LogP contribution < -0.4 is 14.4 Å². The van der Waals surface area contributed by atoms with E-state index in [9.17, 15) is 0 Å². The fourth-order valence-electron chi connectivity index (χ4n) is 3.19. The van der Waals surface area contributed by atoms with E-state index >= 15 is 0 Å². The number of para-hydroxylation sites is 3. The number of hydrogen-bond donors (Lipinski definition) is 0. The summed E-state index contributed by atoms with van der Waals surface area (Å²) in [5, 5.41) is 5.62. The van der Waals surface area contributed by atoms with E-state index in [-0.39, 0.29) is 0 Å². The molecule has 0 atom stereocenters. The Hall–Kier alpha value is -3.28. The number of benzene rings is 2. The molecular formula is C21H22N4O2. The van der Waals surface area contributed by atoms with Crippen LogP contribution in [0.2, 0.25) is 0 Å². The van der Waals surface area contributed by atoms with Crippen LogP contribution in [-0.4, -0.2) is 41.9 Å². The SMILES string of the molecule is COc1ccccc1OCCN(C)c1nc2cc(C)nn2c2ccccc12. The maximum absolute atomic E-state index is 5.91. The lowest BCUT2D eigenvalue weighted by molar-refractivity contribution is 0.301. The van der Waals surface area contributed by atoms with Crippen LogP contribution in [0.15, 0.2) is 54.6 Å². The summed E-state index contributed by atoms with van der Waals surface area (Å²) in [5.74, 6) is 2.40. The Balaban J connectivity index is 1.59. The van der Waals surface area contributed by atoms with E-state index in [1.165, 1.54) is 0 Å². The van der Waals surface area contributed by atoms with Gasteiger partial charge in [-0.3, -0.25) is 0 Å². The maximum atomic E-state index is 5.91. The summed E-state index contributed by atoms with van der Waals surface area (Å²) < 4.78 is 13.1. The summed E-state index contributed by atoms with van der Waals surface area (Å²) in [6.07, 6.45) is 0. The minimum absolute atomic E-state index is 0.524. The van der Waals surface area contributed by atoms with Crippen molar-refractivity contribution in [3.63, 3.8) is 0 Å². The molecule has 138 valence electrons. The molecule has 27 heavy (non-hydrogen) atoms. The third-order valence-electron chi connectivity index (χ3n) is 4.52. The average Bonchev–Trinajstić information content (AvgIpc) is 3.08. The first-order valence-electron chi connectivity index (χ1n) is 8.89. The molecule has 0 aliphatic heterocycles. The van der Waals surface area contributed by atoms with Crippen molar-refractivity contribution in [3.05, 3.63) is 60.3 Å². The van der Waals surface area contributed by atoms with Gasteiger partial charge in [-0.2, -0.15) is 5.10 Å². The Morgan fingerprint density at radius 3 is 2.59 bits per heavy atom. The van der Waals surface area contributed by atoms with Gasteiger partial charge in [0.25, 0.3) is 0 Å². The monoisotopic (exact) mass is 362 g/mol. The highest BCUT2D eigenvalue weighted by Gasteiger charge is 2.13. The summed E-state index contributed by atoms with van der Waals surface area (Å²) in [7, 11) is 3.67. The number of anilines is 1. The maximum Gasteiger partial charge on any atom is 0.161 e. The molecule has 0 saturated carbocycles. The summed E-state index contributed by atoms with van der Waals surface area (Å²) in [6, 6.07) is 17.9. The van der Waals surface area contributed by atoms with E-state index in [1.807, 2.05) is 61.0 Å². The van der Waals surface area contributed by atoms with Crippen molar-refractivity contribution in [1.29, 1.82) is 0 Å². The number of rotatable bonds is 6. The molecule has 6 nitrogen and oxygen atoms in total. The second kappa shape index (κ2) is 7.15. The molecule has 0 aliphatic rings. The highest BCUT2D eigenvalue weighted by molar-refractivity contribution is 5.91. The van der Waals surface area contributed by atoms with E-state index in [0.717, 1.165) is 39.6 Å². The van der Waals surface area contributed by atoms with Crippen LogP contribution in [0, 0.1) is 6.92 Å². The van der Waals surface area contributed by atoms with E-state index in [2.05, 4.69) is 22.1 Å². The highest BCUT2D eigenvalue weighted by atomic mass is 16.5. The summed E-state index contributed by atoms with van der Waals surface area (Å²) in [5.41, 5.74) is 2.84. The third kappa shape index (κ3) is 3.26. The molecular weight excluding hydrogens is 340 g/mol. The molecule has 0 bridgehead atoms. The van der Waals surface area contributed by atoms with Gasteiger partial charge in [0.05, 0.1) is 24.9 Å². The second-order valence-electron chi connectivity index (χ2n) is 6.43. The molecule has 0 aliphatic carbocycles. The van der Waals surface area contributed by atoms with Crippen molar-refractivity contribution < 1.29 is 9.47 Å². The predicted molar refractivity (Wildman–Crippen MR) is 107 cm³/mol. The normalized spacial score (nSPS) is 11.1. The Kier molecular flexibility index (Phi) is 4.54. The summed E-state index contributed by atoms with van der Waals surface area (Å²) >= 11 is 0. The quantitative estimate of drug-likeness (QED) is 0.523. The molecule has 0 amide bonds. The number of ether oxygens (including phenoxy) is 2. The van der Waals surface area contributed by atoms with Gasteiger partial charge >= 0.3 is 0 Å². The van der Waals surface area contributed by atoms with E-state index in [4.69, 9.17) is 14.5 Å². The number of aryl methyl sites for hydroxylation is 1. The highest BCUT2D eigenvalue weighted by Crippen LogP contribution is 2.27. The molecule has 2 aromatic carbocycles. The molecule has 0 N–H and O–H groups in total. The van der Waals surface area contributed by atoms with Crippen molar-refractivity contribution in [2.75, 3.05) is 32.2 Å². The minimum atomic E-state index is 0.524. The van der Waals surface area contributed by atoms with Crippen LogP contribution in [0.25, 0.3) is 16.6 Å². The van der Waals surface area contributed by atoms with Crippen LogP contribution in [0.5, 0.6) is 11.5 Å². The molecule has 0 spiro atoms. The first-order chi connectivity index (χ1) is 13.2. The molecule has 4 aromatic rings. The number of hydrogen-bond acceptors (Lipinski definition) is 5. The topological polar surface area (TPSA) is 51.9 Å². The molecule has 4 rings (SSSR count). The third-order valence-corrected chi connectivity index (χ3v) is 4.52. The second-order valence-corrected chi connectivity index (χ2v) is 6.43. The number of nitrogens with zero attached hydrogens (tertiary/aromatic N) is 4. The van der Waals surface area contributed by atoms with Gasteiger partial charge in [-0.05, 0) is 31.2 Å². The Morgan fingerprint density at radius 2 is 1.78 bits per heavy atom. The first-order valence-corrected chi connectivity index (χ1v) is 8.89. The van der Waals surface area contributed by atoms with E-state index in [0.29, 0.717) is 13.2 Å². The van der Waals surface area contributed by atoms with Crippen LogP contribution >= 0.6 is 0 Å². The number of aromatic nitrogens is 3. The van der Waals surface area contributed by atoms with Crippen LogP contribution in [0.4, 0.5) is 5.82 Å². The lowest BCUT2D eigenvalue weighted by atomic mass is 10.2. The summed E-state index contributed by atoms with van der Waals surface area (Å²) in [6.45, 7) is 3.20. The van der Waals surface area contributed by atoms with Gasteiger partial charge in [0.15, 0.2) is 17.1 Å². The van der Waals surface area contributed by atoms with Crippen LogP contribution in [0.3, 0.4) is 0 Å². The van der Waals surface area contributed by atoms with Crippen molar-refractivity contribution in [2.45, 2.75) is 6.92 Å². The molecule has 2 heterocycles. The Labute approximate surface area is 158 Å². The van der Waals surface area contributed by atoms with Crippen molar-refractivity contribution >= 4 is 22.4 Å². The van der Waals surface area contributed by atoms with Gasteiger partial charge in [-0.25, -0.2) is 9.50 Å². The zero-order chi connectivity index (χ0) is 18.8. The molecule has 6 heteroatoms. The minimum Gasteiger partial charge on any atom is -0.493 e. The molecule has 0 unspecified atom stereocenters. The Bertz CT molecular complexity index is 1090. The largest absolute Gasteiger partial charge is 0.493 e.